The number of benzene rings is 2. The molecule has 0 atom stereocenters. The zero-order valence-electron chi connectivity index (χ0n) is 12.8. The van der Waals surface area contributed by atoms with Crippen molar-refractivity contribution in [1.82, 2.24) is 4.98 Å². The Labute approximate surface area is 142 Å². The number of ether oxygens (including phenoxy) is 1. The van der Waals surface area contributed by atoms with E-state index in [0.717, 1.165) is 0 Å². The topological polar surface area (TPSA) is 89.6 Å². The Balaban J connectivity index is 1.75. The van der Waals surface area contributed by atoms with Crippen molar-refractivity contribution in [2.24, 2.45) is 0 Å². The van der Waals surface area contributed by atoms with Crippen molar-refractivity contribution in [1.29, 1.82) is 0 Å². The number of fused-ring (bicyclic) bond motifs is 1. The van der Waals surface area contributed by atoms with Gasteiger partial charge in [-0.3, -0.25) is 4.79 Å². The molecular weight excluding hydrogens is 322 g/mol. The Bertz CT molecular complexity index is 1020. The molecule has 0 saturated carbocycles. The van der Waals surface area contributed by atoms with Crippen LogP contribution in [0.4, 0.5) is 0 Å². The number of esters is 1. The number of aromatic nitrogens is 1. The molecule has 0 radical (unpaired) electrons. The highest BCUT2D eigenvalue weighted by Gasteiger charge is 2.31. The van der Waals surface area contributed by atoms with Crippen LogP contribution in [0.2, 0.25) is 0 Å². The number of carbonyl (C=O) groups excluding carboxylic acids is 2. The van der Waals surface area contributed by atoms with Gasteiger partial charge in [-0.25, -0.2) is 9.78 Å². The van der Waals surface area contributed by atoms with E-state index >= 15 is 0 Å². The monoisotopic (exact) mass is 333 g/mol. The Morgan fingerprint density at radius 3 is 2.48 bits per heavy atom. The zero-order valence-corrected chi connectivity index (χ0v) is 12.8. The predicted octanol–water partition coefficient (Wildman–Crippen LogP) is 3.23. The third-order valence-corrected chi connectivity index (χ3v) is 3.74. The molecule has 1 aliphatic heterocycles. The molecule has 0 amide bonds. The predicted molar refractivity (Wildman–Crippen MR) is 88.0 cm³/mol. The minimum atomic E-state index is -0.799. The van der Waals surface area contributed by atoms with E-state index in [0.29, 0.717) is 5.56 Å². The fourth-order valence-corrected chi connectivity index (χ4v) is 2.52. The molecule has 122 valence electrons. The second-order valence-corrected chi connectivity index (χ2v) is 5.35. The number of Topliss-reactive ketones (excluding diaryl/α,β-unsaturated/α-hetero) is 1. The summed E-state index contributed by atoms with van der Waals surface area (Å²) in [5.74, 6) is -1.38. The molecule has 3 aromatic rings. The third-order valence-electron chi connectivity index (χ3n) is 3.74. The lowest BCUT2D eigenvalue weighted by Gasteiger charge is -2.15. The number of para-hydroxylation sites is 1. The fraction of sp³-hybridized carbons (Fsp3) is 0. The summed E-state index contributed by atoms with van der Waals surface area (Å²) in [6, 6.07) is 15.4. The largest absolute Gasteiger partial charge is 0.479 e. The van der Waals surface area contributed by atoms with Crippen LogP contribution < -0.4 is 4.74 Å². The Morgan fingerprint density at radius 1 is 0.960 bits per heavy atom. The number of nitrogens with zero attached hydrogens (tertiary/aromatic N) is 1. The normalized spacial score (nSPS) is 15.1. The number of ketones is 1. The summed E-state index contributed by atoms with van der Waals surface area (Å²) >= 11 is 0. The second-order valence-electron chi connectivity index (χ2n) is 5.35. The summed E-state index contributed by atoms with van der Waals surface area (Å²) in [7, 11) is 0. The number of rotatable bonds is 2. The van der Waals surface area contributed by atoms with Crippen molar-refractivity contribution in [2.75, 3.05) is 0 Å². The highest BCUT2D eigenvalue weighted by atomic mass is 16.5. The lowest BCUT2D eigenvalue weighted by molar-refractivity contribution is -0.130. The van der Waals surface area contributed by atoms with E-state index in [1.54, 1.807) is 48.5 Å². The van der Waals surface area contributed by atoms with Crippen LogP contribution in [0.1, 0.15) is 16.1 Å². The molecule has 0 unspecified atom stereocenters. The van der Waals surface area contributed by atoms with Crippen molar-refractivity contribution in [3.05, 3.63) is 71.4 Å². The van der Waals surface area contributed by atoms with E-state index in [1.807, 2.05) is 6.07 Å². The summed E-state index contributed by atoms with van der Waals surface area (Å²) in [6.45, 7) is 0. The van der Waals surface area contributed by atoms with Crippen LogP contribution in [0.15, 0.2) is 64.6 Å². The molecule has 1 N–H and O–H groups in total. The maximum Gasteiger partial charge on any atom is 0.347 e. The lowest BCUT2D eigenvalue weighted by Crippen LogP contribution is -2.24. The number of aromatic hydroxyl groups is 1. The van der Waals surface area contributed by atoms with Crippen LogP contribution in [0, 0.1) is 0 Å². The molecule has 4 rings (SSSR count). The molecular formula is C19H11NO5. The number of oxazole rings is 1. The Morgan fingerprint density at radius 2 is 1.68 bits per heavy atom. The van der Waals surface area contributed by atoms with Gasteiger partial charge in [0.2, 0.25) is 11.7 Å². The first-order valence-electron chi connectivity index (χ1n) is 7.46. The van der Waals surface area contributed by atoms with Crippen LogP contribution in [0.25, 0.3) is 17.5 Å². The maximum absolute atomic E-state index is 12.5. The standard InChI is InChI=1S/C19H11NO5/c21-16-12-8-4-5-9-15(12)24-18(22)13(16)10-14-19(23)25-17(20-14)11-6-2-1-3-7-11/h1-10,23H/b13-10-. The molecule has 0 saturated heterocycles. The molecule has 1 aromatic heterocycles. The van der Waals surface area contributed by atoms with Crippen LogP contribution >= 0.6 is 0 Å². The van der Waals surface area contributed by atoms with Gasteiger partial charge in [0.1, 0.15) is 17.0 Å². The van der Waals surface area contributed by atoms with Crippen LogP contribution in [0.3, 0.4) is 0 Å². The van der Waals surface area contributed by atoms with E-state index < -0.39 is 17.7 Å². The van der Waals surface area contributed by atoms with Crippen molar-refractivity contribution in [3.63, 3.8) is 0 Å². The highest BCUT2D eigenvalue weighted by Crippen LogP contribution is 2.31. The van der Waals surface area contributed by atoms with Crippen molar-refractivity contribution in [2.45, 2.75) is 0 Å². The van der Waals surface area contributed by atoms with E-state index in [9.17, 15) is 14.7 Å². The first kappa shape index (κ1) is 14.9. The average Bonchev–Trinajstić information content (AvgIpc) is 3.00. The van der Waals surface area contributed by atoms with E-state index in [2.05, 4.69) is 4.98 Å². The number of hydrogen-bond donors (Lipinski definition) is 1. The molecule has 0 aliphatic carbocycles. The molecule has 6 nitrogen and oxygen atoms in total. The van der Waals surface area contributed by atoms with Gasteiger partial charge in [0, 0.05) is 5.56 Å². The maximum atomic E-state index is 12.5. The first-order chi connectivity index (χ1) is 12.1. The number of hydrogen-bond acceptors (Lipinski definition) is 6. The summed E-state index contributed by atoms with van der Waals surface area (Å²) < 4.78 is 10.4. The molecule has 0 spiro atoms. The summed E-state index contributed by atoms with van der Waals surface area (Å²) in [6.07, 6.45) is 1.17. The summed E-state index contributed by atoms with van der Waals surface area (Å²) in [4.78, 5) is 28.8. The van der Waals surface area contributed by atoms with Crippen molar-refractivity contribution < 1.29 is 23.8 Å². The SMILES string of the molecule is O=C1Oc2ccccc2C(=O)/C1=C/c1nc(-c2ccccc2)oc1O. The smallest absolute Gasteiger partial charge is 0.347 e. The van der Waals surface area contributed by atoms with Gasteiger partial charge in [0.15, 0.2) is 0 Å². The highest BCUT2D eigenvalue weighted by molar-refractivity contribution is 6.30. The van der Waals surface area contributed by atoms with Crippen molar-refractivity contribution in [3.8, 4) is 23.1 Å². The van der Waals surface area contributed by atoms with Gasteiger partial charge in [-0.15, -0.1) is 0 Å². The molecule has 6 heteroatoms. The quantitative estimate of drug-likeness (QED) is 0.335. The first-order valence-corrected chi connectivity index (χ1v) is 7.46. The van der Waals surface area contributed by atoms with Gasteiger partial charge in [-0.2, -0.15) is 0 Å². The minimum Gasteiger partial charge on any atom is -0.479 e. The zero-order chi connectivity index (χ0) is 17.4. The molecule has 25 heavy (non-hydrogen) atoms. The van der Waals surface area contributed by atoms with E-state index in [-0.39, 0.29) is 28.5 Å². The molecule has 1 aliphatic rings. The summed E-state index contributed by atoms with van der Waals surface area (Å²) in [5, 5.41) is 9.95. The van der Waals surface area contributed by atoms with Crippen molar-refractivity contribution >= 4 is 17.8 Å². The third kappa shape index (κ3) is 2.59. The number of carbonyl (C=O) groups is 2. The lowest BCUT2D eigenvalue weighted by atomic mass is 9.99. The summed E-state index contributed by atoms with van der Waals surface area (Å²) in [5.41, 5.74) is 0.699. The van der Waals surface area contributed by atoms with Crippen LogP contribution in [-0.4, -0.2) is 21.8 Å². The van der Waals surface area contributed by atoms with Gasteiger partial charge >= 0.3 is 11.9 Å². The Hall–Kier alpha value is -3.67. The van der Waals surface area contributed by atoms with E-state index in [1.165, 1.54) is 6.08 Å². The van der Waals surface area contributed by atoms with E-state index in [4.69, 9.17) is 9.15 Å². The molecule has 2 aromatic carbocycles. The van der Waals surface area contributed by atoms with Gasteiger partial charge in [-0.05, 0) is 30.3 Å². The van der Waals surface area contributed by atoms with Gasteiger partial charge in [-0.1, -0.05) is 30.3 Å². The molecule has 2 heterocycles. The van der Waals surface area contributed by atoms with Gasteiger partial charge < -0.3 is 14.3 Å². The minimum absolute atomic E-state index is 0.0152. The fourth-order valence-electron chi connectivity index (χ4n) is 2.52. The average molecular weight is 333 g/mol. The van der Waals surface area contributed by atoms with Crippen LogP contribution in [0.5, 0.6) is 11.7 Å². The molecule has 0 bridgehead atoms. The van der Waals surface area contributed by atoms with Gasteiger partial charge in [0.25, 0.3) is 0 Å². The second kappa shape index (κ2) is 5.76. The van der Waals surface area contributed by atoms with Gasteiger partial charge in [0.05, 0.1) is 5.56 Å². The van der Waals surface area contributed by atoms with Crippen LogP contribution in [-0.2, 0) is 4.79 Å². The molecule has 0 fully saturated rings. The Kier molecular flexibility index (Phi) is 3.43.